The number of nitrogens with zero attached hydrogens (tertiary/aromatic N) is 2. The summed E-state index contributed by atoms with van der Waals surface area (Å²) in [5.41, 5.74) is 5.29. The van der Waals surface area contributed by atoms with Crippen molar-refractivity contribution in [3.8, 4) is 0 Å². The van der Waals surface area contributed by atoms with Gasteiger partial charge in [0.25, 0.3) is 5.56 Å². The summed E-state index contributed by atoms with van der Waals surface area (Å²) in [5.74, 6) is 0. The number of hydrogen-bond acceptors (Lipinski definition) is 3. The maximum Gasteiger partial charge on any atom is 0.287 e. The molecule has 0 aliphatic carbocycles. The average molecular weight is 254 g/mol. The molecular weight excluding hydrogens is 240 g/mol. The highest BCUT2D eigenvalue weighted by Gasteiger charge is 2.02. The van der Waals surface area contributed by atoms with Crippen molar-refractivity contribution in [2.75, 3.05) is 12.0 Å². The minimum absolute atomic E-state index is 0.151. The maximum atomic E-state index is 11.5. The minimum atomic E-state index is -0.151. The van der Waals surface area contributed by atoms with Gasteiger partial charge in [0.15, 0.2) is 0 Å². The van der Waals surface area contributed by atoms with E-state index in [0.717, 1.165) is 11.9 Å². The highest BCUT2D eigenvalue weighted by molar-refractivity contribution is 5.83. The Hall–Kier alpha value is -2.56. The van der Waals surface area contributed by atoms with Crippen LogP contribution in [0.25, 0.3) is 10.9 Å². The van der Waals surface area contributed by atoms with E-state index in [1.54, 1.807) is 12.4 Å². The zero-order valence-electron chi connectivity index (χ0n) is 10.3. The fourth-order valence-corrected chi connectivity index (χ4v) is 2.13. The van der Waals surface area contributed by atoms with E-state index in [1.165, 1.54) is 21.8 Å². The molecule has 3 rings (SSSR count). The molecule has 2 heterocycles. The van der Waals surface area contributed by atoms with E-state index in [9.17, 15) is 4.79 Å². The van der Waals surface area contributed by atoms with Crippen LogP contribution in [0.3, 0.4) is 0 Å². The zero-order chi connectivity index (χ0) is 13.1. The van der Waals surface area contributed by atoms with Gasteiger partial charge in [-0.25, -0.2) is 4.68 Å². The van der Waals surface area contributed by atoms with Crippen LogP contribution in [0.5, 0.6) is 0 Å². The monoisotopic (exact) mass is 254 g/mol. The van der Waals surface area contributed by atoms with Gasteiger partial charge in [0.2, 0.25) is 0 Å². The second kappa shape index (κ2) is 4.97. The normalized spacial score (nSPS) is 10.7. The predicted molar refractivity (Wildman–Crippen MR) is 74.7 cm³/mol. The number of rotatable bonds is 4. The van der Waals surface area contributed by atoms with Gasteiger partial charge in [0, 0.05) is 36.0 Å². The van der Waals surface area contributed by atoms with Crippen molar-refractivity contribution in [3.05, 3.63) is 65.0 Å². The molecule has 0 aliphatic heterocycles. The van der Waals surface area contributed by atoms with Crippen LogP contribution < -0.4 is 11.0 Å². The molecule has 0 saturated heterocycles. The van der Waals surface area contributed by atoms with Crippen molar-refractivity contribution >= 4 is 10.9 Å². The molecule has 0 unspecified atom stereocenters. The van der Waals surface area contributed by atoms with Gasteiger partial charge in [0.05, 0.1) is 6.20 Å². The summed E-state index contributed by atoms with van der Waals surface area (Å²) in [4.78, 5) is 18.5. The lowest BCUT2D eigenvalue weighted by atomic mass is 10.1. The van der Waals surface area contributed by atoms with Crippen LogP contribution in [0.2, 0.25) is 0 Å². The largest absolute Gasteiger partial charge is 0.361 e. The quantitative estimate of drug-likeness (QED) is 0.742. The molecule has 3 aromatic rings. The van der Waals surface area contributed by atoms with Gasteiger partial charge in [-0.05, 0) is 18.1 Å². The van der Waals surface area contributed by atoms with E-state index in [1.807, 2.05) is 18.3 Å². The Kier molecular flexibility index (Phi) is 3.02. The summed E-state index contributed by atoms with van der Waals surface area (Å²) in [6.07, 6.45) is 7.36. The second-order valence-corrected chi connectivity index (χ2v) is 4.30. The highest BCUT2D eigenvalue weighted by Crippen LogP contribution is 2.17. The first kappa shape index (κ1) is 11.5. The van der Waals surface area contributed by atoms with Gasteiger partial charge in [-0.3, -0.25) is 9.78 Å². The molecular formula is C14H14N4O. The van der Waals surface area contributed by atoms with Gasteiger partial charge in [-0.15, -0.1) is 0 Å². The molecule has 2 aromatic heterocycles. The topological polar surface area (TPSA) is 62.7 Å². The van der Waals surface area contributed by atoms with Crippen LogP contribution in [-0.2, 0) is 6.42 Å². The Bertz CT molecular complexity index is 744. The summed E-state index contributed by atoms with van der Waals surface area (Å²) in [5, 5.41) is 1.23. The molecule has 0 spiro atoms. The summed E-state index contributed by atoms with van der Waals surface area (Å²) >= 11 is 0. The van der Waals surface area contributed by atoms with Gasteiger partial charge in [0.1, 0.15) is 0 Å². The first-order chi connectivity index (χ1) is 9.34. The molecule has 2 N–H and O–H groups in total. The maximum absolute atomic E-state index is 11.5. The van der Waals surface area contributed by atoms with Crippen LogP contribution in [0, 0.1) is 0 Å². The van der Waals surface area contributed by atoms with E-state index in [4.69, 9.17) is 0 Å². The highest BCUT2D eigenvalue weighted by atomic mass is 16.1. The van der Waals surface area contributed by atoms with E-state index in [0.29, 0.717) is 6.54 Å². The number of aromatic amines is 1. The lowest BCUT2D eigenvalue weighted by Gasteiger charge is -2.07. The Labute approximate surface area is 109 Å². The third-order valence-electron chi connectivity index (χ3n) is 3.08. The van der Waals surface area contributed by atoms with Crippen molar-refractivity contribution in [1.29, 1.82) is 0 Å². The van der Waals surface area contributed by atoms with Gasteiger partial charge >= 0.3 is 0 Å². The molecule has 96 valence electrons. The van der Waals surface area contributed by atoms with E-state index < -0.39 is 0 Å². The first-order valence-corrected chi connectivity index (χ1v) is 6.16. The number of fused-ring (bicyclic) bond motifs is 1. The molecule has 5 heteroatoms. The Balaban J connectivity index is 1.70. The van der Waals surface area contributed by atoms with E-state index >= 15 is 0 Å². The molecule has 5 nitrogen and oxygen atoms in total. The third kappa shape index (κ3) is 2.35. The van der Waals surface area contributed by atoms with Crippen LogP contribution in [0.15, 0.2) is 53.8 Å². The lowest BCUT2D eigenvalue weighted by molar-refractivity contribution is 0.781. The molecule has 19 heavy (non-hydrogen) atoms. The van der Waals surface area contributed by atoms with Crippen LogP contribution in [-0.4, -0.2) is 21.2 Å². The second-order valence-electron chi connectivity index (χ2n) is 4.30. The summed E-state index contributed by atoms with van der Waals surface area (Å²) in [6.45, 7) is 0.686. The lowest BCUT2D eigenvalue weighted by Crippen LogP contribution is -2.29. The van der Waals surface area contributed by atoms with E-state index in [2.05, 4.69) is 27.5 Å². The standard InChI is InChI=1S/C14H14N4O/c19-14-10-15-7-8-18(14)17-6-5-11-9-16-13-4-2-1-3-12(11)13/h1-4,7-10,16-17H,5-6H2. The van der Waals surface area contributed by atoms with Gasteiger partial charge in [-0.2, -0.15) is 0 Å². The SMILES string of the molecule is O=c1cnccn1NCCc1c[nH]c2ccccc12. The summed E-state index contributed by atoms with van der Waals surface area (Å²) in [6, 6.07) is 8.19. The fourth-order valence-electron chi connectivity index (χ4n) is 2.13. The molecule has 0 atom stereocenters. The van der Waals surface area contributed by atoms with Gasteiger partial charge < -0.3 is 10.4 Å². The number of H-pyrrole nitrogens is 1. The smallest absolute Gasteiger partial charge is 0.287 e. The molecule has 0 bridgehead atoms. The Morgan fingerprint density at radius 3 is 3.11 bits per heavy atom. The van der Waals surface area contributed by atoms with Gasteiger partial charge in [-0.1, -0.05) is 18.2 Å². The molecule has 0 fully saturated rings. The number of aromatic nitrogens is 3. The van der Waals surface area contributed by atoms with Crippen LogP contribution >= 0.6 is 0 Å². The fraction of sp³-hybridized carbons (Fsp3) is 0.143. The van der Waals surface area contributed by atoms with Crippen LogP contribution in [0.4, 0.5) is 0 Å². The Morgan fingerprint density at radius 2 is 2.21 bits per heavy atom. The molecule has 0 radical (unpaired) electrons. The predicted octanol–water partition coefficient (Wildman–Crippen LogP) is 1.51. The first-order valence-electron chi connectivity index (χ1n) is 6.16. The van der Waals surface area contributed by atoms with Crippen molar-refractivity contribution < 1.29 is 0 Å². The number of hydrogen-bond donors (Lipinski definition) is 2. The molecule has 0 saturated carbocycles. The third-order valence-corrected chi connectivity index (χ3v) is 3.08. The summed E-state index contributed by atoms with van der Waals surface area (Å²) in [7, 11) is 0. The van der Waals surface area contributed by atoms with Crippen molar-refractivity contribution in [2.24, 2.45) is 0 Å². The van der Waals surface area contributed by atoms with E-state index in [-0.39, 0.29) is 5.56 Å². The van der Waals surface area contributed by atoms with Crippen molar-refractivity contribution in [3.63, 3.8) is 0 Å². The Morgan fingerprint density at radius 1 is 1.32 bits per heavy atom. The van der Waals surface area contributed by atoms with Crippen molar-refractivity contribution in [2.45, 2.75) is 6.42 Å². The minimum Gasteiger partial charge on any atom is -0.361 e. The number of para-hydroxylation sites is 1. The zero-order valence-corrected chi connectivity index (χ0v) is 10.3. The number of nitrogens with one attached hydrogen (secondary N) is 2. The molecule has 1 aromatic carbocycles. The average Bonchev–Trinajstić information content (AvgIpc) is 2.85. The molecule has 0 aliphatic rings. The summed E-state index contributed by atoms with van der Waals surface area (Å²) < 4.78 is 1.45. The number of benzene rings is 1. The van der Waals surface area contributed by atoms with Crippen molar-refractivity contribution in [1.82, 2.24) is 14.6 Å². The molecule has 0 amide bonds. The van der Waals surface area contributed by atoms with Crippen LogP contribution in [0.1, 0.15) is 5.56 Å².